The molecule has 0 radical (unpaired) electrons. The lowest BCUT2D eigenvalue weighted by atomic mass is 10.2. The monoisotopic (exact) mass is 390 g/mol. The first-order chi connectivity index (χ1) is 14.0. The van der Waals surface area contributed by atoms with Crippen LogP contribution in [0.15, 0.2) is 83.0 Å². The molecule has 0 unspecified atom stereocenters. The highest BCUT2D eigenvalue weighted by molar-refractivity contribution is 5.95. The first-order valence-corrected chi connectivity index (χ1v) is 8.58. The summed E-state index contributed by atoms with van der Waals surface area (Å²) in [6, 6.07) is 19.6. The van der Waals surface area contributed by atoms with Gasteiger partial charge in [-0.2, -0.15) is 0 Å². The van der Waals surface area contributed by atoms with Gasteiger partial charge in [0.05, 0.1) is 24.0 Å². The molecule has 3 rings (SSSR count). The number of amides is 1. The number of rotatable bonds is 6. The lowest BCUT2D eigenvalue weighted by Crippen LogP contribution is -2.10. The molecule has 8 nitrogen and oxygen atoms in total. The van der Waals surface area contributed by atoms with Crippen LogP contribution in [0.2, 0.25) is 0 Å². The molecule has 0 aliphatic heterocycles. The van der Waals surface area contributed by atoms with Crippen molar-refractivity contribution in [3.05, 3.63) is 83.9 Å². The van der Waals surface area contributed by atoms with Gasteiger partial charge in [0.2, 0.25) is 0 Å². The molecule has 0 aliphatic carbocycles. The summed E-state index contributed by atoms with van der Waals surface area (Å²) in [5.74, 6) is -0.469. The van der Waals surface area contributed by atoms with Crippen LogP contribution >= 0.6 is 0 Å². The van der Waals surface area contributed by atoms with Crippen LogP contribution < -0.4 is 16.0 Å². The van der Waals surface area contributed by atoms with Gasteiger partial charge in [0.1, 0.15) is 5.75 Å². The Morgan fingerprint density at radius 1 is 0.931 bits per heavy atom. The van der Waals surface area contributed by atoms with Crippen LogP contribution in [0.25, 0.3) is 0 Å². The van der Waals surface area contributed by atoms with Crippen molar-refractivity contribution < 1.29 is 19.2 Å². The number of methoxy groups -OCH3 is 1. The van der Waals surface area contributed by atoms with Crippen LogP contribution in [-0.4, -0.2) is 19.0 Å². The summed E-state index contributed by atoms with van der Waals surface area (Å²) in [5.41, 5.74) is 10.5. The van der Waals surface area contributed by atoms with Gasteiger partial charge in [0, 0.05) is 11.3 Å². The van der Waals surface area contributed by atoms with Crippen LogP contribution in [0.1, 0.15) is 20.7 Å². The molecule has 8 heteroatoms. The minimum atomic E-state index is -0.554. The molecule has 0 saturated heterocycles. The Balaban J connectivity index is 1.56. The number of azo groups is 1. The fraction of sp³-hybridized carbons (Fsp3) is 0.0476. The average Bonchev–Trinajstić information content (AvgIpc) is 2.77. The number of carbonyl (C=O) groups is 2. The maximum Gasteiger partial charge on any atom is 0.362 e. The van der Waals surface area contributed by atoms with Crippen molar-refractivity contribution >= 4 is 28.9 Å². The zero-order valence-electron chi connectivity index (χ0n) is 15.5. The van der Waals surface area contributed by atoms with Gasteiger partial charge in [-0.05, 0) is 66.7 Å². The predicted octanol–water partition coefficient (Wildman–Crippen LogP) is 4.39. The fourth-order valence-corrected chi connectivity index (χ4v) is 2.30. The fourth-order valence-electron chi connectivity index (χ4n) is 2.30. The van der Waals surface area contributed by atoms with Crippen LogP contribution in [0.5, 0.6) is 5.75 Å². The first kappa shape index (κ1) is 19.6. The van der Waals surface area contributed by atoms with E-state index in [4.69, 9.17) is 15.3 Å². The van der Waals surface area contributed by atoms with E-state index in [1.165, 1.54) is 7.11 Å². The second-order valence-electron chi connectivity index (χ2n) is 5.90. The molecule has 0 fully saturated rings. The molecule has 3 aromatic carbocycles. The van der Waals surface area contributed by atoms with Gasteiger partial charge >= 0.3 is 5.97 Å². The molecular weight excluding hydrogens is 372 g/mol. The van der Waals surface area contributed by atoms with Gasteiger partial charge in [-0.25, -0.2) is 10.3 Å². The third-order valence-electron chi connectivity index (χ3n) is 3.85. The Kier molecular flexibility index (Phi) is 6.16. The molecule has 0 atom stereocenters. The van der Waals surface area contributed by atoms with Gasteiger partial charge in [0.15, 0.2) is 0 Å². The van der Waals surface area contributed by atoms with Crippen molar-refractivity contribution in [3.8, 4) is 5.75 Å². The summed E-state index contributed by atoms with van der Waals surface area (Å²) < 4.78 is 5.08. The van der Waals surface area contributed by atoms with E-state index in [2.05, 4.69) is 15.7 Å². The van der Waals surface area contributed by atoms with Crippen molar-refractivity contribution in [2.24, 2.45) is 10.2 Å². The Bertz CT molecular complexity index is 1030. The summed E-state index contributed by atoms with van der Waals surface area (Å²) in [6.45, 7) is 0. The van der Waals surface area contributed by atoms with Gasteiger partial charge in [-0.1, -0.05) is 6.07 Å². The molecule has 1 amide bonds. The van der Waals surface area contributed by atoms with Gasteiger partial charge in [-0.15, -0.1) is 10.2 Å². The second-order valence-corrected chi connectivity index (χ2v) is 5.90. The number of nitrogens with two attached hydrogens (primary N) is 1. The van der Waals surface area contributed by atoms with E-state index >= 15 is 0 Å². The molecule has 0 aliphatic rings. The van der Waals surface area contributed by atoms with Crippen LogP contribution in [0, 0.1) is 0 Å². The predicted molar refractivity (Wildman–Crippen MR) is 108 cm³/mol. The lowest BCUT2D eigenvalue weighted by Gasteiger charge is -2.07. The van der Waals surface area contributed by atoms with Crippen molar-refractivity contribution in [2.45, 2.75) is 0 Å². The summed E-state index contributed by atoms with van der Waals surface area (Å²) in [7, 11) is 1.52. The molecule has 3 N–H and O–H groups in total. The van der Waals surface area contributed by atoms with Crippen molar-refractivity contribution in [1.82, 2.24) is 0 Å². The Labute approximate surface area is 166 Å². The summed E-state index contributed by atoms with van der Waals surface area (Å²) >= 11 is 0. The van der Waals surface area contributed by atoms with E-state index in [1.807, 2.05) is 0 Å². The summed E-state index contributed by atoms with van der Waals surface area (Å²) in [5, 5.41) is 7.58. The maximum atomic E-state index is 12.1. The smallest absolute Gasteiger partial charge is 0.362 e. The zero-order chi connectivity index (χ0) is 20.6. The Morgan fingerprint density at radius 3 is 2.34 bits per heavy atom. The van der Waals surface area contributed by atoms with E-state index in [-0.39, 0.29) is 0 Å². The summed E-state index contributed by atoms with van der Waals surface area (Å²) in [6.07, 6.45) is 0. The quantitative estimate of drug-likeness (QED) is 0.366. The highest BCUT2D eigenvalue weighted by Crippen LogP contribution is 2.18. The second kappa shape index (κ2) is 9.14. The van der Waals surface area contributed by atoms with Gasteiger partial charge < -0.3 is 15.3 Å². The maximum absolute atomic E-state index is 12.1. The molecule has 0 bridgehead atoms. The van der Waals surface area contributed by atoms with Gasteiger partial charge in [-0.3, -0.25) is 4.79 Å². The van der Waals surface area contributed by atoms with E-state index in [0.717, 1.165) is 0 Å². The molecule has 0 aromatic heterocycles. The number of nitrogen functional groups attached to an aromatic ring is 1. The number of hydrogen-bond acceptors (Lipinski definition) is 7. The summed E-state index contributed by atoms with van der Waals surface area (Å²) in [4.78, 5) is 29.1. The number of nitrogens with one attached hydrogen (secondary N) is 1. The number of carbonyl (C=O) groups excluding carboxylic acids is 2. The number of hydrogen-bond donors (Lipinski definition) is 2. The molecule has 146 valence electrons. The Morgan fingerprint density at radius 2 is 1.66 bits per heavy atom. The highest BCUT2D eigenvalue weighted by atomic mass is 16.7. The minimum Gasteiger partial charge on any atom is -0.497 e. The largest absolute Gasteiger partial charge is 0.497 e. The van der Waals surface area contributed by atoms with Crippen LogP contribution in [0.4, 0.5) is 17.1 Å². The molecule has 29 heavy (non-hydrogen) atoms. The topological polar surface area (TPSA) is 115 Å². The van der Waals surface area contributed by atoms with Crippen molar-refractivity contribution in [1.29, 1.82) is 0 Å². The molecule has 0 spiro atoms. The minimum absolute atomic E-state index is 0.350. The lowest BCUT2D eigenvalue weighted by molar-refractivity contribution is 0.0596. The SMILES string of the molecule is COc1cccc(C(=O)ONc2ccc(N=NC(=O)c3ccc(N)cc3)cc2)c1. The number of nitrogens with zero attached hydrogens (tertiary/aromatic N) is 2. The molecular formula is C21H18N4O4. The van der Waals surface area contributed by atoms with E-state index < -0.39 is 11.9 Å². The number of anilines is 2. The highest BCUT2D eigenvalue weighted by Gasteiger charge is 2.09. The third-order valence-corrected chi connectivity index (χ3v) is 3.85. The van der Waals surface area contributed by atoms with Crippen molar-refractivity contribution in [3.63, 3.8) is 0 Å². The first-order valence-electron chi connectivity index (χ1n) is 8.58. The standard InChI is InChI=1S/C21H18N4O4/c1-28-19-4-2-3-15(13-19)21(27)29-25-18-11-9-17(10-12-18)23-24-20(26)14-5-7-16(22)8-6-14/h2-13,25H,22H2,1H3. The van der Waals surface area contributed by atoms with Gasteiger partial charge in [0.25, 0.3) is 5.91 Å². The number of ether oxygens (including phenoxy) is 1. The average molecular weight is 390 g/mol. The van der Waals surface area contributed by atoms with Crippen molar-refractivity contribution in [2.75, 3.05) is 18.3 Å². The zero-order valence-corrected chi connectivity index (χ0v) is 15.5. The Hall–Kier alpha value is -4.20. The number of benzene rings is 3. The van der Waals surface area contributed by atoms with Crippen LogP contribution in [0.3, 0.4) is 0 Å². The third kappa shape index (κ3) is 5.39. The van der Waals surface area contributed by atoms with E-state index in [9.17, 15) is 9.59 Å². The molecule has 0 heterocycles. The molecule has 3 aromatic rings. The van der Waals surface area contributed by atoms with Crippen LogP contribution in [-0.2, 0) is 4.84 Å². The molecule has 0 saturated carbocycles. The van der Waals surface area contributed by atoms with E-state index in [1.54, 1.807) is 72.8 Å². The van der Waals surface area contributed by atoms with E-state index in [0.29, 0.717) is 33.9 Å². The normalized spacial score (nSPS) is 10.5.